The van der Waals surface area contributed by atoms with Crippen LogP contribution in [-0.4, -0.2) is 87.0 Å². The molecule has 454 valence electrons. The molecule has 0 saturated heterocycles. The number of ether oxygens (including phenoxy) is 5. The zero-order valence-corrected chi connectivity index (χ0v) is 42.3. The Bertz CT molecular complexity index is 2220. The van der Waals surface area contributed by atoms with Gasteiger partial charge < -0.3 is 23.7 Å². The van der Waals surface area contributed by atoms with Gasteiger partial charge in [-0.15, -0.1) is 0 Å². The molecule has 3 saturated carbocycles. The third-order valence-corrected chi connectivity index (χ3v) is 12.4. The van der Waals surface area contributed by atoms with Crippen LogP contribution in [0.4, 0.5) is 0 Å². The van der Waals surface area contributed by atoms with Gasteiger partial charge in [0, 0.05) is 6.42 Å². The number of benzene rings is 4. The van der Waals surface area contributed by atoms with Crippen LogP contribution in [0, 0.1) is 17.8 Å². The Labute approximate surface area is 485 Å². The molecule has 0 N–H and O–H groups in total. The SMILES string of the molecule is C.C.C.C.C.C.C.CC(COC(=O)c1ccccc1)OOC(=O)C1CCCCC1.O=C(OCC(COC(=O)c1ccccc1)OC(=O)C1CCCCC1)c1ccccc1.O=C(OCCCOOC(=O)C1CCCCC1)c1ccccc1. The van der Waals surface area contributed by atoms with Crippen molar-refractivity contribution in [1.29, 1.82) is 0 Å². The lowest BCUT2D eigenvalue weighted by atomic mass is 9.89. The van der Waals surface area contributed by atoms with Gasteiger partial charge in [-0.25, -0.2) is 28.8 Å². The van der Waals surface area contributed by atoms with Crippen molar-refractivity contribution in [3.8, 4) is 0 Å². The van der Waals surface area contributed by atoms with Gasteiger partial charge in [-0.2, -0.15) is 9.78 Å². The molecular weight excluding hydrogens is 1040 g/mol. The summed E-state index contributed by atoms with van der Waals surface area (Å²) in [7, 11) is 0. The number of rotatable bonds is 21. The van der Waals surface area contributed by atoms with Crippen molar-refractivity contribution in [2.24, 2.45) is 17.8 Å². The van der Waals surface area contributed by atoms with Gasteiger partial charge in [-0.3, -0.25) is 14.6 Å². The Balaban J connectivity index is -0.00000110. The standard InChI is InChI=1S/C24H26O6.2C17H22O5.7CH4/c25-22(18-10-4-1-5-11-18)28-16-21(30-24(27)20-14-8-3-9-15-20)17-29-23(26)19-12-6-2-7-13-19;1-13(12-20-16(18)14-8-4-2-5-9-14)21-22-17(19)15-10-6-3-7-11-15;18-16(14-8-3-1-4-9-14)20-12-7-13-21-22-17(19)15-10-5-2-6-11-15;;;;;;;/h1-2,4-7,10-13,20-21H,3,8-9,14-17H2;2,4-5,8-9,13,15H,3,6-7,10-12H2,1H3;1,3-4,8-9,15H,2,5-7,10-13H2;7*1H4. The number of hydrogen-bond donors (Lipinski definition) is 0. The lowest BCUT2D eigenvalue weighted by molar-refractivity contribution is -0.302. The first kappa shape index (κ1) is 78.3. The second kappa shape index (κ2) is 45.8. The molecule has 4 aromatic rings. The average molecular weight is 1140 g/mol. The first-order valence-corrected chi connectivity index (χ1v) is 25.9. The third kappa shape index (κ3) is 30.5. The molecule has 81 heavy (non-hydrogen) atoms. The van der Waals surface area contributed by atoms with Crippen molar-refractivity contribution in [2.75, 3.05) is 33.0 Å². The van der Waals surface area contributed by atoms with Crippen LogP contribution in [0.1, 0.15) is 203 Å². The highest BCUT2D eigenvalue weighted by atomic mass is 17.2. The van der Waals surface area contributed by atoms with Crippen LogP contribution in [0.5, 0.6) is 0 Å². The molecule has 0 spiro atoms. The van der Waals surface area contributed by atoms with Gasteiger partial charge in [0.05, 0.1) is 53.2 Å². The maximum atomic E-state index is 12.5. The van der Waals surface area contributed by atoms with Crippen LogP contribution in [0.25, 0.3) is 0 Å². The molecule has 0 aromatic heterocycles. The Hall–Kier alpha value is -6.91. The second-order valence-corrected chi connectivity index (χ2v) is 18.3. The zero-order chi connectivity index (χ0) is 52.6. The lowest BCUT2D eigenvalue weighted by Gasteiger charge is -2.24. The molecule has 3 aliphatic carbocycles. The molecule has 1 atom stereocenters. The number of carbonyl (C=O) groups excluding carboxylic acids is 7. The van der Waals surface area contributed by atoms with E-state index in [-0.39, 0.29) is 127 Å². The second-order valence-electron chi connectivity index (χ2n) is 18.3. The molecule has 1 unspecified atom stereocenters. The van der Waals surface area contributed by atoms with Crippen LogP contribution in [0.15, 0.2) is 121 Å². The number of hydrogen-bond acceptors (Lipinski definition) is 16. The predicted octanol–water partition coefficient (Wildman–Crippen LogP) is 15.2. The van der Waals surface area contributed by atoms with Crippen LogP contribution in [0.2, 0.25) is 0 Å². The Morgan fingerprint density at radius 3 is 1.05 bits per heavy atom. The molecule has 16 nitrogen and oxygen atoms in total. The number of esters is 5. The van der Waals surface area contributed by atoms with Crippen LogP contribution in [0.3, 0.4) is 0 Å². The Morgan fingerprint density at radius 2 is 0.691 bits per heavy atom. The molecule has 3 fully saturated rings. The van der Waals surface area contributed by atoms with Gasteiger partial charge in [0.2, 0.25) is 0 Å². The molecular formula is C65H98O16. The highest BCUT2D eigenvalue weighted by Gasteiger charge is 2.28. The summed E-state index contributed by atoms with van der Waals surface area (Å²) in [6.07, 6.45) is 14.0. The fraction of sp³-hybridized carbons (Fsp3) is 0.523. The van der Waals surface area contributed by atoms with Crippen LogP contribution >= 0.6 is 0 Å². The fourth-order valence-electron chi connectivity index (χ4n) is 8.23. The minimum absolute atomic E-state index is 0. The predicted molar refractivity (Wildman–Crippen MR) is 317 cm³/mol. The molecule has 0 heterocycles. The molecule has 7 rings (SSSR count). The Kier molecular flexibility index (Phi) is 44.3. The van der Waals surface area contributed by atoms with Gasteiger partial charge in [0.25, 0.3) is 0 Å². The maximum Gasteiger partial charge on any atom is 0.345 e. The topological polar surface area (TPSA) is 203 Å². The normalized spacial score (nSPS) is 14.0. The quantitative estimate of drug-likeness (QED) is 0.0250. The van der Waals surface area contributed by atoms with E-state index in [0.717, 1.165) is 83.5 Å². The Morgan fingerprint density at radius 1 is 0.383 bits per heavy atom. The minimum Gasteiger partial charge on any atom is -0.462 e. The summed E-state index contributed by atoms with van der Waals surface area (Å²) in [4.78, 5) is 103. The maximum absolute atomic E-state index is 12.5. The summed E-state index contributed by atoms with van der Waals surface area (Å²) >= 11 is 0. The largest absolute Gasteiger partial charge is 0.462 e. The van der Waals surface area contributed by atoms with E-state index < -0.39 is 30.1 Å². The molecule has 0 amide bonds. The van der Waals surface area contributed by atoms with E-state index in [1.54, 1.807) is 116 Å². The number of carbonyl (C=O) groups is 7. The smallest absolute Gasteiger partial charge is 0.345 e. The summed E-state index contributed by atoms with van der Waals surface area (Å²) in [5.74, 6) is -3.00. The molecule has 4 aromatic carbocycles. The van der Waals surface area contributed by atoms with Crippen molar-refractivity contribution < 1.29 is 76.8 Å². The summed E-state index contributed by atoms with van der Waals surface area (Å²) < 4.78 is 26.4. The molecule has 3 aliphatic rings. The summed E-state index contributed by atoms with van der Waals surface area (Å²) in [6, 6.07) is 34.6. The van der Waals surface area contributed by atoms with Gasteiger partial charge in [0.15, 0.2) is 6.10 Å². The van der Waals surface area contributed by atoms with Crippen LogP contribution in [-0.2, 0) is 57.6 Å². The van der Waals surface area contributed by atoms with E-state index in [1.165, 1.54) is 12.8 Å². The monoisotopic (exact) mass is 1130 g/mol. The lowest BCUT2D eigenvalue weighted by Crippen LogP contribution is -2.33. The van der Waals surface area contributed by atoms with E-state index in [2.05, 4.69) is 0 Å². The highest BCUT2D eigenvalue weighted by molar-refractivity contribution is 5.91. The average Bonchev–Trinajstić information content (AvgIpc) is 3.47. The van der Waals surface area contributed by atoms with Crippen molar-refractivity contribution in [1.82, 2.24) is 0 Å². The van der Waals surface area contributed by atoms with E-state index in [9.17, 15) is 33.6 Å². The van der Waals surface area contributed by atoms with E-state index in [4.69, 9.17) is 43.2 Å². The van der Waals surface area contributed by atoms with Gasteiger partial charge in [-0.1, -0.05) is 183 Å². The summed E-state index contributed by atoms with van der Waals surface area (Å²) in [5, 5.41) is 0. The fourth-order valence-corrected chi connectivity index (χ4v) is 8.23. The molecule has 16 heteroatoms. The summed E-state index contributed by atoms with van der Waals surface area (Å²) in [6.45, 7) is 1.80. The van der Waals surface area contributed by atoms with Crippen molar-refractivity contribution >= 4 is 41.8 Å². The third-order valence-electron chi connectivity index (χ3n) is 12.4. The van der Waals surface area contributed by atoms with E-state index in [1.807, 2.05) is 12.1 Å². The minimum atomic E-state index is -0.861. The van der Waals surface area contributed by atoms with E-state index >= 15 is 0 Å². The first-order chi connectivity index (χ1) is 36.1. The van der Waals surface area contributed by atoms with E-state index in [0.29, 0.717) is 28.7 Å². The van der Waals surface area contributed by atoms with Crippen LogP contribution < -0.4 is 0 Å². The van der Waals surface area contributed by atoms with Gasteiger partial charge >= 0.3 is 41.8 Å². The summed E-state index contributed by atoms with van der Waals surface area (Å²) in [5.41, 5.74) is 1.80. The first-order valence-electron chi connectivity index (χ1n) is 25.9. The van der Waals surface area contributed by atoms with Crippen molar-refractivity contribution in [3.05, 3.63) is 144 Å². The van der Waals surface area contributed by atoms with Gasteiger partial charge in [0.1, 0.15) is 25.9 Å². The highest BCUT2D eigenvalue weighted by Crippen LogP contribution is 2.27. The van der Waals surface area contributed by atoms with Gasteiger partial charge in [-0.05, 0) is 94.0 Å². The molecule has 0 aliphatic heterocycles. The van der Waals surface area contributed by atoms with Crippen molar-refractivity contribution in [2.45, 2.75) is 174 Å². The zero-order valence-electron chi connectivity index (χ0n) is 42.3. The molecule has 0 radical (unpaired) electrons. The molecule has 0 bridgehead atoms. The van der Waals surface area contributed by atoms with Crippen molar-refractivity contribution in [3.63, 3.8) is 0 Å².